The summed E-state index contributed by atoms with van der Waals surface area (Å²) in [5.74, 6) is 2.56. The van der Waals surface area contributed by atoms with Crippen LogP contribution in [0.5, 0.6) is 0 Å². The van der Waals surface area contributed by atoms with E-state index in [2.05, 4.69) is 52.6 Å². The Bertz CT molecular complexity index is 699. The summed E-state index contributed by atoms with van der Waals surface area (Å²) >= 11 is 6.02. The maximum atomic E-state index is 6.02. The highest BCUT2D eigenvalue weighted by atomic mass is 35.5. The molecule has 0 unspecified atom stereocenters. The summed E-state index contributed by atoms with van der Waals surface area (Å²) in [6.45, 7) is 8.48. The molecular weight excluding hydrogens is 350 g/mol. The topological polar surface area (TPSA) is 75.3 Å². The highest BCUT2D eigenvalue weighted by Gasteiger charge is 2.09. The van der Waals surface area contributed by atoms with Gasteiger partial charge in [0.1, 0.15) is 0 Å². The van der Waals surface area contributed by atoms with Gasteiger partial charge >= 0.3 is 0 Å². The molecule has 0 aliphatic heterocycles. The minimum absolute atomic E-state index is 0.287. The lowest BCUT2D eigenvalue weighted by atomic mass is 10.1. The van der Waals surface area contributed by atoms with Crippen molar-refractivity contribution in [1.29, 1.82) is 0 Å². The summed E-state index contributed by atoms with van der Waals surface area (Å²) in [4.78, 5) is 8.98. The van der Waals surface area contributed by atoms with Crippen molar-refractivity contribution in [2.75, 3.05) is 19.6 Å². The summed E-state index contributed by atoms with van der Waals surface area (Å²) in [5.41, 5.74) is 1.21. The SMILES string of the molecule is CCNC(=NCCCc1nc(C(C)C)no1)NCCc1cccc(Cl)c1. The van der Waals surface area contributed by atoms with E-state index in [4.69, 9.17) is 16.1 Å². The molecule has 142 valence electrons. The van der Waals surface area contributed by atoms with Crippen molar-refractivity contribution >= 4 is 17.6 Å². The Kier molecular flexibility index (Phi) is 8.41. The predicted octanol–water partition coefficient (Wildman–Crippen LogP) is 3.58. The molecule has 2 rings (SSSR count). The number of halogens is 1. The van der Waals surface area contributed by atoms with Crippen molar-refractivity contribution in [2.45, 2.75) is 46.0 Å². The van der Waals surface area contributed by atoms with E-state index >= 15 is 0 Å². The molecule has 1 aromatic heterocycles. The Morgan fingerprint density at radius 1 is 1.27 bits per heavy atom. The zero-order chi connectivity index (χ0) is 18.8. The first-order chi connectivity index (χ1) is 12.6. The lowest BCUT2D eigenvalue weighted by Crippen LogP contribution is -2.38. The van der Waals surface area contributed by atoms with Gasteiger partial charge in [-0.3, -0.25) is 4.99 Å². The number of hydrogen-bond acceptors (Lipinski definition) is 4. The first-order valence-electron chi connectivity index (χ1n) is 9.17. The minimum Gasteiger partial charge on any atom is -0.357 e. The van der Waals surface area contributed by atoms with Crippen LogP contribution in [0, 0.1) is 0 Å². The van der Waals surface area contributed by atoms with E-state index in [9.17, 15) is 0 Å². The normalized spacial score (nSPS) is 11.8. The predicted molar refractivity (Wildman–Crippen MR) is 106 cm³/mol. The highest BCUT2D eigenvalue weighted by Crippen LogP contribution is 2.11. The van der Waals surface area contributed by atoms with Crippen molar-refractivity contribution in [3.05, 3.63) is 46.6 Å². The number of benzene rings is 1. The van der Waals surface area contributed by atoms with E-state index in [0.29, 0.717) is 12.4 Å². The summed E-state index contributed by atoms with van der Waals surface area (Å²) in [7, 11) is 0. The van der Waals surface area contributed by atoms with E-state index in [1.807, 2.05) is 18.2 Å². The third kappa shape index (κ3) is 7.04. The summed E-state index contributed by atoms with van der Waals surface area (Å²) in [6.07, 6.45) is 2.50. The second-order valence-electron chi connectivity index (χ2n) is 6.37. The molecule has 1 heterocycles. The molecule has 0 aliphatic carbocycles. The molecule has 0 atom stereocenters. The second kappa shape index (κ2) is 10.8. The number of aliphatic imine (C=N–C) groups is 1. The van der Waals surface area contributed by atoms with Crippen LogP contribution in [-0.2, 0) is 12.8 Å². The Balaban J connectivity index is 1.74. The van der Waals surface area contributed by atoms with Crippen molar-refractivity contribution in [1.82, 2.24) is 20.8 Å². The molecule has 0 fully saturated rings. The van der Waals surface area contributed by atoms with Gasteiger partial charge in [-0.15, -0.1) is 0 Å². The third-order valence-electron chi connectivity index (χ3n) is 3.76. The van der Waals surface area contributed by atoms with Crippen LogP contribution in [0.15, 0.2) is 33.8 Å². The van der Waals surface area contributed by atoms with E-state index in [1.165, 1.54) is 5.56 Å². The Morgan fingerprint density at radius 3 is 2.81 bits per heavy atom. The van der Waals surface area contributed by atoms with E-state index in [1.54, 1.807) is 0 Å². The van der Waals surface area contributed by atoms with Crippen LogP contribution < -0.4 is 10.6 Å². The van der Waals surface area contributed by atoms with Crippen LogP contribution in [0.3, 0.4) is 0 Å². The fourth-order valence-corrected chi connectivity index (χ4v) is 2.60. The molecule has 0 amide bonds. The number of aryl methyl sites for hydroxylation is 1. The standard InChI is InChI=1S/C19H28ClN5O/c1-4-21-19(23-12-10-15-7-5-8-16(20)13-15)22-11-6-9-17-24-18(14(2)3)25-26-17/h5,7-8,13-14H,4,6,9-12H2,1-3H3,(H2,21,22,23). The lowest BCUT2D eigenvalue weighted by molar-refractivity contribution is 0.369. The maximum absolute atomic E-state index is 6.02. The third-order valence-corrected chi connectivity index (χ3v) is 3.99. The van der Waals surface area contributed by atoms with Crippen molar-refractivity contribution < 1.29 is 4.52 Å². The van der Waals surface area contributed by atoms with Gasteiger partial charge in [-0.25, -0.2) is 0 Å². The Labute approximate surface area is 160 Å². The zero-order valence-corrected chi connectivity index (χ0v) is 16.5. The Morgan fingerprint density at radius 2 is 2.12 bits per heavy atom. The lowest BCUT2D eigenvalue weighted by Gasteiger charge is -2.11. The van der Waals surface area contributed by atoms with E-state index < -0.39 is 0 Å². The summed E-state index contributed by atoms with van der Waals surface area (Å²) < 4.78 is 5.25. The monoisotopic (exact) mass is 377 g/mol. The fourth-order valence-electron chi connectivity index (χ4n) is 2.38. The van der Waals surface area contributed by atoms with Crippen LogP contribution in [-0.4, -0.2) is 35.7 Å². The van der Waals surface area contributed by atoms with E-state index in [-0.39, 0.29) is 5.92 Å². The van der Waals surface area contributed by atoms with Crippen LogP contribution in [0.2, 0.25) is 5.02 Å². The fraction of sp³-hybridized carbons (Fsp3) is 0.526. The molecule has 1 aromatic carbocycles. The zero-order valence-electron chi connectivity index (χ0n) is 15.8. The molecule has 0 saturated heterocycles. The van der Waals surface area contributed by atoms with Crippen LogP contribution >= 0.6 is 11.6 Å². The van der Waals surface area contributed by atoms with Gasteiger partial charge in [0.05, 0.1) is 0 Å². The first-order valence-corrected chi connectivity index (χ1v) is 9.55. The van der Waals surface area contributed by atoms with Gasteiger partial charge in [-0.05, 0) is 37.5 Å². The maximum Gasteiger partial charge on any atom is 0.226 e. The van der Waals surface area contributed by atoms with Gasteiger partial charge in [0, 0.05) is 37.0 Å². The van der Waals surface area contributed by atoms with Crippen molar-refractivity contribution in [3.8, 4) is 0 Å². The Hall–Kier alpha value is -2.08. The molecular formula is C19H28ClN5O. The number of nitrogens with one attached hydrogen (secondary N) is 2. The molecule has 6 nitrogen and oxygen atoms in total. The molecule has 2 aromatic rings. The van der Waals surface area contributed by atoms with Gasteiger partial charge in [-0.1, -0.05) is 42.7 Å². The van der Waals surface area contributed by atoms with Gasteiger partial charge < -0.3 is 15.2 Å². The smallest absolute Gasteiger partial charge is 0.226 e. The molecule has 26 heavy (non-hydrogen) atoms. The first kappa shape index (κ1) is 20.2. The molecule has 0 saturated carbocycles. The van der Waals surface area contributed by atoms with Gasteiger partial charge in [0.2, 0.25) is 5.89 Å². The van der Waals surface area contributed by atoms with Crippen molar-refractivity contribution in [3.63, 3.8) is 0 Å². The van der Waals surface area contributed by atoms with Crippen LogP contribution in [0.25, 0.3) is 0 Å². The van der Waals surface area contributed by atoms with E-state index in [0.717, 1.165) is 49.2 Å². The van der Waals surface area contributed by atoms with Gasteiger partial charge in [-0.2, -0.15) is 4.98 Å². The van der Waals surface area contributed by atoms with Crippen LogP contribution in [0.1, 0.15) is 50.4 Å². The number of aromatic nitrogens is 2. The molecule has 0 spiro atoms. The average Bonchev–Trinajstić information content (AvgIpc) is 3.08. The number of hydrogen-bond donors (Lipinski definition) is 2. The summed E-state index contributed by atoms with van der Waals surface area (Å²) in [5, 5.41) is 11.4. The van der Waals surface area contributed by atoms with Crippen LogP contribution in [0.4, 0.5) is 0 Å². The number of guanidine groups is 1. The number of nitrogens with zero attached hydrogens (tertiary/aromatic N) is 3. The molecule has 0 aliphatic rings. The molecule has 0 radical (unpaired) electrons. The molecule has 2 N–H and O–H groups in total. The molecule has 0 bridgehead atoms. The minimum atomic E-state index is 0.287. The van der Waals surface area contributed by atoms with Gasteiger partial charge in [0.15, 0.2) is 11.8 Å². The largest absolute Gasteiger partial charge is 0.357 e. The number of rotatable bonds is 9. The second-order valence-corrected chi connectivity index (χ2v) is 6.81. The quantitative estimate of drug-likeness (QED) is 0.397. The molecule has 7 heteroatoms. The van der Waals surface area contributed by atoms with Crippen molar-refractivity contribution in [2.24, 2.45) is 4.99 Å². The summed E-state index contributed by atoms with van der Waals surface area (Å²) in [6, 6.07) is 7.92. The highest BCUT2D eigenvalue weighted by molar-refractivity contribution is 6.30. The average molecular weight is 378 g/mol. The van der Waals surface area contributed by atoms with Gasteiger partial charge in [0.25, 0.3) is 0 Å².